The Kier molecular flexibility index (Phi) is 7.71. The van der Waals surface area contributed by atoms with Gasteiger partial charge in [0.25, 0.3) is 0 Å². The highest BCUT2D eigenvalue weighted by atomic mass is 16.5. The van der Waals surface area contributed by atoms with E-state index in [2.05, 4.69) is 42.1 Å². The summed E-state index contributed by atoms with van der Waals surface area (Å²) < 4.78 is 12.4. The van der Waals surface area contributed by atoms with E-state index in [1.54, 1.807) is 12.3 Å². The lowest BCUT2D eigenvalue weighted by atomic mass is 10.1. The van der Waals surface area contributed by atoms with Crippen molar-refractivity contribution in [2.24, 2.45) is 0 Å². The number of carbonyl (C=O) groups excluding carboxylic acids is 1. The largest absolute Gasteiger partial charge is 0.459 e. The molecule has 1 fully saturated rings. The molecule has 0 radical (unpaired) electrons. The van der Waals surface area contributed by atoms with Crippen LogP contribution < -0.4 is 9.64 Å². The molecule has 2 atom stereocenters. The summed E-state index contributed by atoms with van der Waals surface area (Å²) in [4.78, 5) is 19.5. The van der Waals surface area contributed by atoms with Gasteiger partial charge in [-0.25, -0.2) is 9.78 Å². The topological polar surface area (TPSA) is 51.7 Å². The molecule has 6 nitrogen and oxygen atoms in total. The third kappa shape index (κ3) is 6.01. The van der Waals surface area contributed by atoms with Gasteiger partial charge in [-0.05, 0) is 57.2 Å². The Hall–Kier alpha value is -3.38. The summed E-state index contributed by atoms with van der Waals surface area (Å²) in [6.07, 6.45) is 2.63. The van der Waals surface area contributed by atoms with Crippen molar-refractivity contribution in [3.05, 3.63) is 84.1 Å². The average molecular weight is 475 g/mol. The molecule has 2 aromatic carbocycles. The third-order valence-electron chi connectivity index (χ3n) is 6.84. The molecule has 1 aliphatic rings. The van der Waals surface area contributed by atoms with Crippen LogP contribution >= 0.6 is 0 Å². The van der Waals surface area contributed by atoms with Crippen LogP contribution in [0.25, 0.3) is 0 Å². The summed E-state index contributed by atoms with van der Waals surface area (Å²) in [6, 6.07) is 22.3. The van der Waals surface area contributed by atoms with Gasteiger partial charge in [0, 0.05) is 24.7 Å². The van der Waals surface area contributed by atoms with Crippen molar-refractivity contribution in [1.29, 1.82) is 0 Å². The molecule has 1 saturated heterocycles. The number of anilines is 1. The number of likely N-dealkylation sites (N-methyl/N-ethyl adjacent to an activating group) is 1. The smallest absolute Gasteiger partial charge is 0.342 e. The van der Waals surface area contributed by atoms with Crippen molar-refractivity contribution in [3.8, 4) is 11.5 Å². The highest BCUT2D eigenvalue weighted by Crippen LogP contribution is 2.30. The van der Waals surface area contributed by atoms with E-state index in [0.29, 0.717) is 11.6 Å². The highest BCUT2D eigenvalue weighted by Gasteiger charge is 2.38. The zero-order chi connectivity index (χ0) is 24.8. The minimum absolute atomic E-state index is 0.163. The quantitative estimate of drug-likeness (QED) is 0.295. The standard InChI is InChI=1S/C29H36N3O3/c1-5-32(4,21-23-11-9-14-26(19-23)35-25-12-7-6-8-13-25)24-16-18-31(20-24)28-27(15-10-17-30-28)29(33)34-22(2)3/h6-15,17,19,22,24H,5,16,18,20-21H2,1-4H3/q+1. The molecule has 0 amide bonds. The molecule has 4 rings (SSSR count). The number of carbonyl (C=O) groups is 1. The van der Waals surface area contributed by atoms with E-state index in [1.807, 2.05) is 56.3 Å². The summed E-state index contributed by atoms with van der Waals surface area (Å²) in [6.45, 7) is 9.61. The SMILES string of the molecule is CC[N+](C)(Cc1cccc(Oc2ccccc2)c1)C1CCN(c2ncccc2C(=O)OC(C)C)C1. The molecule has 0 N–H and O–H groups in total. The first-order valence-corrected chi connectivity index (χ1v) is 12.4. The molecule has 1 aromatic heterocycles. The predicted octanol–water partition coefficient (Wildman–Crippen LogP) is 5.68. The molecule has 6 heteroatoms. The Morgan fingerprint density at radius 2 is 1.86 bits per heavy atom. The summed E-state index contributed by atoms with van der Waals surface area (Å²) in [5, 5.41) is 0. The lowest BCUT2D eigenvalue weighted by Gasteiger charge is -2.39. The first-order chi connectivity index (χ1) is 16.9. The van der Waals surface area contributed by atoms with Crippen LogP contribution in [-0.2, 0) is 11.3 Å². The Balaban J connectivity index is 1.48. The van der Waals surface area contributed by atoms with E-state index < -0.39 is 0 Å². The number of quaternary nitrogens is 1. The number of esters is 1. The van der Waals surface area contributed by atoms with Crippen LogP contribution in [0.2, 0.25) is 0 Å². The first kappa shape index (κ1) is 24.7. The van der Waals surface area contributed by atoms with Crippen LogP contribution in [0.5, 0.6) is 11.5 Å². The molecule has 1 aliphatic heterocycles. The van der Waals surface area contributed by atoms with Gasteiger partial charge in [-0.15, -0.1) is 0 Å². The fraction of sp³-hybridized carbons (Fsp3) is 0.379. The first-order valence-electron chi connectivity index (χ1n) is 12.4. The number of pyridine rings is 1. The van der Waals surface area contributed by atoms with Gasteiger partial charge in [0.05, 0.1) is 26.2 Å². The fourth-order valence-electron chi connectivity index (χ4n) is 4.78. The lowest BCUT2D eigenvalue weighted by Crippen LogP contribution is -2.52. The van der Waals surface area contributed by atoms with Gasteiger partial charge < -0.3 is 18.9 Å². The molecule has 2 heterocycles. The predicted molar refractivity (Wildman–Crippen MR) is 139 cm³/mol. The zero-order valence-corrected chi connectivity index (χ0v) is 21.2. The van der Waals surface area contributed by atoms with E-state index >= 15 is 0 Å². The fourth-order valence-corrected chi connectivity index (χ4v) is 4.78. The molecule has 0 aliphatic carbocycles. The van der Waals surface area contributed by atoms with Crippen molar-refractivity contribution >= 4 is 11.8 Å². The second kappa shape index (κ2) is 10.9. The monoisotopic (exact) mass is 474 g/mol. The number of hydrogen-bond donors (Lipinski definition) is 0. The van der Waals surface area contributed by atoms with Gasteiger partial charge in [-0.2, -0.15) is 0 Å². The van der Waals surface area contributed by atoms with Gasteiger partial charge in [0.15, 0.2) is 0 Å². The number of para-hydroxylation sites is 1. The van der Waals surface area contributed by atoms with E-state index in [4.69, 9.17) is 9.47 Å². The third-order valence-corrected chi connectivity index (χ3v) is 6.84. The Bertz CT molecular complexity index is 1130. The van der Waals surface area contributed by atoms with Gasteiger partial charge in [-0.3, -0.25) is 0 Å². The van der Waals surface area contributed by atoms with Crippen LogP contribution in [0.3, 0.4) is 0 Å². The maximum atomic E-state index is 12.7. The van der Waals surface area contributed by atoms with Crippen molar-refractivity contribution in [1.82, 2.24) is 4.98 Å². The van der Waals surface area contributed by atoms with Crippen LogP contribution in [0.4, 0.5) is 5.82 Å². The van der Waals surface area contributed by atoms with Gasteiger partial charge in [-0.1, -0.05) is 30.3 Å². The second-order valence-electron chi connectivity index (χ2n) is 9.73. The minimum Gasteiger partial charge on any atom is -0.459 e. The van der Waals surface area contributed by atoms with Crippen LogP contribution in [0.15, 0.2) is 72.9 Å². The summed E-state index contributed by atoms with van der Waals surface area (Å²) in [5.74, 6) is 2.10. The number of nitrogens with zero attached hydrogens (tertiary/aromatic N) is 3. The Morgan fingerprint density at radius 1 is 1.09 bits per heavy atom. The van der Waals surface area contributed by atoms with Gasteiger partial charge >= 0.3 is 5.97 Å². The summed E-state index contributed by atoms with van der Waals surface area (Å²) in [5.41, 5.74) is 1.79. The van der Waals surface area contributed by atoms with Crippen molar-refractivity contribution < 1.29 is 18.8 Å². The highest BCUT2D eigenvalue weighted by molar-refractivity contribution is 5.94. The van der Waals surface area contributed by atoms with Crippen LogP contribution in [0.1, 0.15) is 43.1 Å². The molecule has 0 bridgehead atoms. The zero-order valence-electron chi connectivity index (χ0n) is 21.2. The van der Waals surface area contributed by atoms with Gasteiger partial charge in [0.2, 0.25) is 0 Å². The number of hydrogen-bond acceptors (Lipinski definition) is 5. The summed E-state index contributed by atoms with van der Waals surface area (Å²) >= 11 is 0. The minimum atomic E-state index is -0.311. The maximum absolute atomic E-state index is 12.7. The van der Waals surface area contributed by atoms with E-state index in [0.717, 1.165) is 54.4 Å². The number of aromatic nitrogens is 1. The number of rotatable bonds is 9. The van der Waals surface area contributed by atoms with Crippen LogP contribution in [0, 0.1) is 0 Å². The van der Waals surface area contributed by atoms with Crippen molar-refractivity contribution in [2.75, 3.05) is 31.6 Å². The van der Waals surface area contributed by atoms with E-state index in [-0.39, 0.29) is 12.1 Å². The summed E-state index contributed by atoms with van der Waals surface area (Å²) in [7, 11) is 2.32. The second-order valence-corrected chi connectivity index (χ2v) is 9.73. The van der Waals surface area contributed by atoms with Crippen molar-refractivity contribution in [3.63, 3.8) is 0 Å². The number of ether oxygens (including phenoxy) is 2. The van der Waals surface area contributed by atoms with Gasteiger partial charge in [0.1, 0.15) is 35.5 Å². The normalized spacial score (nSPS) is 17.3. The van der Waals surface area contributed by atoms with Crippen LogP contribution in [-0.4, -0.2) is 54.3 Å². The average Bonchev–Trinajstić information content (AvgIpc) is 3.35. The van der Waals surface area contributed by atoms with E-state index in [1.165, 1.54) is 5.56 Å². The molecule has 2 unspecified atom stereocenters. The Labute approximate surface area is 208 Å². The van der Waals surface area contributed by atoms with Crippen molar-refractivity contribution in [2.45, 2.75) is 45.9 Å². The Morgan fingerprint density at radius 3 is 2.60 bits per heavy atom. The maximum Gasteiger partial charge on any atom is 0.342 e. The molecule has 3 aromatic rings. The molecular weight excluding hydrogens is 438 g/mol. The lowest BCUT2D eigenvalue weighted by molar-refractivity contribution is -0.942. The molecule has 35 heavy (non-hydrogen) atoms. The number of benzene rings is 2. The molecule has 184 valence electrons. The molecule has 0 spiro atoms. The molecule has 0 saturated carbocycles. The van der Waals surface area contributed by atoms with E-state index in [9.17, 15) is 4.79 Å². The molecular formula is C29H36N3O3+.